The van der Waals surface area contributed by atoms with Gasteiger partial charge in [0.05, 0.1) is 0 Å². The molecule has 2 N–H and O–H groups in total. The van der Waals surface area contributed by atoms with Crippen molar-refractivity contribution in [1.29, 1.82) is 0 Å². The fourth-order valence-electron chi connectivity index (χ4n) is 1.36. The molecule has 0 saturated carbocycles. The first-order valence-electron chi connectivity index (χ1n) is 5.12. The summed E-state index contributed by atoms with van der Waals surface area (Å²) in [5.41, 5.74) is 1.03. The molecule has 0 aromatic carbocycles. The van der Waals surface area contributed by atoms with Gasteiger partial charge in [0, 0.05) is 31.9 Å². The Hall–Kier alpha value is -1.78. The average molecular weight is 224 g/mol. The molecule has 0 fully saturated rings. The highest BCUT2D eigenvalue weighted by Crippen LogP contribution is 2.03. The summed E-state index contributed by atoms with van der Waals surface area (Å²) >= 11 is 0. The van der Waals surface area contributed by atoms with Crippen molar-refractivity contribution in [3.63, 3.8) is 0 Å². The first-order chi connectivity index (χ1) is 7.52. The Balaban J connectivity index is 2.43. The number of rotatable bonds is 5. The first kappa shape index (κ1) is 12.3. The molecule has 0 spiro atoms. The van der Waals surface area contributed by atoms with E-state index in [-0.39, 0.29) is 5.91 Å². The quantitative estimate of drug-likeness (QED) is 0.724. The normalized spacial score (nSPS) is 12.1. The van der Waals surface area contributed by atoms with Crippen molar-refractivity contribution in [1.82, 2.24) is 9.88 Å². The largest absolute Gasteiger partial charge is 0.481 e. The van der Waals surface area contributed by atoms with E-state index < -0.39 is 11.9 Å². The summed E-state index contributed by atoms with van der Waals surface area (Å²) in [6.07, 6.45) is 2.51. The predicted molar refractivity (Wildman–Crippen MR) is 58.9 cm³/mol. The van der Waals surface area contributed by atoms with E-state index in [4.69, 9.17) is 5.11 Å². The van der Waals surface area contributed by atoms with Gasteiger partial charge in [-0.15, -0.1) is 0 Å². The number of carboxylic acids is 1. The molecule has 1 aromatic rings. The van der Waals surface area contributed by atoms with Crippen molar-refractivity contribution >= 4 is 11.9 Å². The molecule has 1 heterocycles. The zero-order chi connectivity index (χ0) is 12.1. The van der Waals surface area contributed by atoms with Crippen molar-refractivity contribution < 1.29 is 14.7 Å². The van der Waals surface area contributed by atoms with Gasteiger partial charge in [-0.25, -0.2) is 0 Å². The average Bonchev–Trinajstić information content (AvgIpc) is 2.76. The Morgan fingerprint density at radius 2 is 2.25 bits per heavy atom. The molecule has 0 radical (unpaired) electrons. The minimum Gasteiger partial charge on any atom is -0.481 e. The highest BCUT2D eigenvalue weighted by Gasteiger charge is 2.23. The number of carbonyl (C=O) groups is 2. The summed E-state index contributed by atoms with van der Waals surface area (Å²) < 4.78 is 0. The number of carboxylic acid groups (broad SMARTS) is 1. The number of H-pyrrole nitrogens is 1. The van der Waals surface area contributed by atoms with Crippen LogP contribution in [0.25, 0.3) is 0 Å². The van der Waals surface area contributed by atoms with Gasteiger partial charge in [-0.05, 0) is 19.1 Å². The van der Waals surface area contributed by atoms with Crippen molar-refractivity contribution in [2.75, 3.05) is 13.6 Å². The highest BCUT2D eigenvalue weighted by molar-refractivity contribution is 5.96. The van der Waals surface area contributed by atoms with Gasteiger partial charge < -0.3 is 15.0 Å². The Labute approximate surface area is 94.1 Å². The lowest BCUT2D eigenvalue weighted by Gasteiger charge is -2.18. The van der Waals surface area contributed by atoms with Gasteiger partial charge in [-0.2, -0.15) is 0 Å². The summed E-state index contributed by atoms with van der Waals surface area (Å²) in [5.74, 6) is -2.43. The maximum absolute atomic E-state index is 11.6. The second kappa shape index (κ2) is 5.34. The van der Waals surface area contributed by atoms with Gasteiger partial charge in [0.15, 0.2) is 0 Å². The molecule has 0 aliphatic carbocycles. The lowest BCUT2D eigenvalue weighted by Crippen LogP contribution is -2.36. The minimum absolute atomic E-state index is 0.362. The van der Waals surface area contributed by atoms with Crippen LogP contribution in [0, 0.1) is 5.92 Å². The lowest BCUT2D eigenvalue weighted by atomic mass is 10.1. The van der Waals surface area contributed by atoms with Crippen LogP contribution in [-0.2, 0) is 16.0 Å². The monoisotopic (exact) mass is 224 g/mol. The maximum Gasteiger partial charge on any atom is 0.315 e. The third kappa shape index (κ3) is 3.12. The molecular formula is C11H16N2O3. The minimum atomic E-state index is -1.09. The van der Waals surface area contributed by atoms with Crippen LogP contribution >= 0.6 is 0 Å². The number of hydrogen-bond donors (Lipinski definition) is 2. The van der Waals surface area contributed by atoms with E-state index in [9.17, 15) is 9.59 Å². The molecule has 1 unspecified atom stereocenters. The van der Waals surface area contributed by atoms with Gasteiger partial charge in [0.2, 0.25) is 5.91 Å². The summed E-state index contributed by atoms with van der Waals surface area (Å²) in [5, 5.41) is 8.70. The van der Waals surface area contributed by atoms with Crippen LogP contribution in [0.1, 0.15) is 12.6 Å². The van der Waals surface area contributed by atoms with Crippen LogP contribution in [0.2, 0.25) is 0 Å². The van der Waals surface area contributed by atoms with E-state index in [1.54, 1.807) is 7.05 Å². The number of aromatic amines is 1. The Kier molecular flexibility index (Phi) is 4.10. The maximum atomic E-state index is 11.6. The molecule has 1 rings (SSSR count). The SMILES string of the molecule is CC(C(=O)O)C(=O)N(C)CCc1ccc[nH]1. The number of nitrogens with zero attached hydrogens (tertiary/aromatic N) is 1. The number of likely N-dealkylation sites (N-methyl/N-ethyl adjacent to an activating group) is 1. The molecule has 0 saturated heterocycles. The van der Waals surface area contributed by atoms with Gasteiger partial charge in [0.1, 0.15) is 5.92 Å². The zero-order valence-electron chi connectivity index (χ0n) is 9.43. The van der Waals surface area contributed by atoms with Gasteiger partial charge in [-0.1, -0.05) is 0 Å². The second-order valence-corrected chi connectivity index (χ2v) is 3.77. The molecule has 5 heteroatoms. The number of aliphatic carboxylic acids is 1. The van der Waals surface area contributed by atoms with Gasteiger partial charge in [-0.3, -0.25) is 9.59 Å². The van der Waals surface area contributed by atoms with Gasteiger partial charge in [0.25, 0.3) is 0 Å². The van der Waals surface area contributed by atoms with E-state index in [0.717, 1.165) is 5.69 Å². The molecule has 16 heavy (non-hydrogen) atoms. The summed E-state index contributed by atoms with van der Waals surface area (Å²) in [6, 6.07) is 3.82. The van der Waals surface area contributed by atoms with Crippen molar-refractivity contribution in [3.05, 3.63) is 24.0 Å². The van der Waals surface area contributed by atoms with E-state index in [1.807, 2.05) is 18.3 Å². The van der Waals surface area contributed by atoms with E-state index >= 15 is 0 Å². The van der Waals surface area contributed by atoms with E-state index in [0.29, 0.717) is 13.0 Å². The molecule has 5 nitrogen and oxygen atoms in total. The number of aromatic nitrogens is 1. The summed E-state index contributed by atoms with van der Waals surface area (Å²) in [4.78, 5) is 26.7. The standard InChI is InChI=1S/C11H16N2O3/c1-8(11(15)16)10(14)13(2)7-5-9-4-3-6-12-9/h3-4,6,8,12H,5,7H2,1-2H3,(H,15,16). The van der Waals surface area contributed by atoms with E-state index in [1.165, 1.54) is 11.8 Å². The molecule has 1 amide bonds. The van der Waals surface area contributed by atoms with Crippen LogP contribution in [0.15, 0.2) is 18.3 Å². The molecule has 0 aliphatic heterocycles. The third-order valence-corrected chi connectivity index (χ3v) is 2.50. The fraction of sp³-hybridized carbons (Fsp3) is 0.455. The lowest BCUT2D eigenvalue weighted by molar-refractivity contribution is -0.149. The van der Waals surface area contributed by atoms with Gasteiger partial charge >= 0.3 is 5.97 Å². The Bertz CT molecular complexity index is 359. The van der Waals surface area contributed by atoms with Crippen molar-refractivity contribution in [2.24, 2.45) is 5.92 Å². The molecule has 1 aromatic heterocycles. The summed E-state index contributed by atoms with van der Waals surface area (Å²) in [7, 11) is 1.62. The molecular weight excluding hydrogens is 208 g/mol. The molecule has 1 atom stereocenters. The van der Waals surface area contributed by atoms with Crippen molar-refractivity contribution in [3.8, 4) is 0 Å². The highest BCUT2D eigenvalue weighted by atomic mass is 16.4. The first-order valence-corrected chi connectivity index (χ1v) is 5.12. The fourth-order valence-corrected chi connectivity index (χ4v) is 1.36. The topological polar surface area (TPSA) is 73.4 Å². The van der Waals surface area contributed by atoms with E-state index in [2.05, 4.69) is 4.98 Å². The molecule has 0 bridgehead atoms. The Morgan fingerprint density at radius 3 is 2.75 bits per heavy atom. The third-order valence-electron chi connectivity index (χ3n) is 2.50. The smallest absolute Gasteiger partial charge is 0.315 e. The predicted octanol–water partition coefficient (Wildman–Crippen LogP) is 0.736. The number of carbonyl (C=O) groups excluding carboxylic acids is 1. The number of nitrogens with one attached hydrogen (secondary N) is 1. The zero-order valence-corrected chi connectivity index (χ0v) is 9.43. The number of amides is 1. The van der Waals surface area contributed by atoms with Crippen LogP contribution < -0.4 is 0 Å². The van der Waals surface area contributed by atoms with Crippen LogP contribution in [0.4, 0.5) is 0 Å². The van der Waals surface area contributed by atoms with Crippen LogP contribution in [-0.4, -0.2) is 40.5 Å². The van der Waals surface area contributed by atoms with Crippen LogP contribution in [0.3, 0.4) is 0 Å². The second-order valence-electron chi connectivity index (χ2n) is 3.77. The number of hydrogen-bond acceptors (Lipinski definition) is 2. The molecule has 88 valence electrons. The summed E-state index contributed by atoms with van der Waals surface area (Å²) in [6.45, 7) is 1.91. The van der Waals surface area contributed by atoms with Crippen molar-refractivity contribution in [2.45, 2.75) is 13.3 Å². The van der Waals surface area contributed by atoms with Crippen LogP contribution in [0.5, 0.6) is 0 Å². The Morgan fingerprint density at radius 1 is 1.56 bits per heavy atom. The molecule has 0 aliphatic rings.